The van der Waals surface area contributed by atoms with Gasteiger partial charge in [-0.1, -0.05) is 0 Å². The Bertz CT molecular complexity index is 400. The Kier molecular flexibility index (Phi) is 4.48. The van der Waals surface area contributed by atoms with Crippen molar-refractivity contribution in [3.63, 3.8) is 0 Å². The minimum Gasteiger partial charge on any atom is -0.341 e. The molecule has 1 unspecified atom stereocenters. The molecule has 1 aliphatic carbocycles. The zero-order valence-electron chi connectivity index (χ0n) is 13.0. The van der Waals surface area contributed by atoms with Gasteiger partial charge < -0.3 is 15.1 Å². The average Bonchev–Trinajstić information content (AvgIpc) is 3.18. The Hall–Kier alpha value is -1.10. The van der Waals surface area contributed by atoms with Crippen molar-refractivity contribution in [2.24, 2.45) is 5.92 Å². The minimum atomic E-state index is -0.196. The van der Waals surface area contributed by atoms with Gasteiger partial charge in [0.15, 0.2) is 0 Å². The first-order valence-corrected chi connectivity index (χ1v) is 8.44. The van der Waals surface area contributed by atoms with E-state index >= 15 is 0 Å². The molecular formula is C16H27N3O2. The maximum absolute atomic E-state index is 12.6. The molecule has 2 aliphatic heterocycles. The normalized spacial score (nSPS) is 27.2. The van der Waals surface area contributed by atoms with Crippen molar-refractivity contribution in [3.8, 4) is 0 Å². The van der Waals surface area contributed by atoms with Crippen molar-refractivity contribution < 1.29 is 9.59 Å². The van der Waals surface area contributed by atoms with Crippen LogP contribution in [0.5, 0.6) is 0 Å². The number of carbonyl (C=O) groups is 2. The van der Waals surface area contributed by atoms with Crippen LogP contribution in [0.25, 0.3) is 0 Å². The molecule has 21 heavy (non-hydrogen) atoms. The SMILES string of the molecule is CC(=O)N1CCCC1C(=O)N1CCC(NCC2CC2)CC1. The van der Waals surface area contributed by atoms with Crippen molar-refractivity contribution in [1.29, 1.82) is 0 Å². The van der Waals surface area contributed by atoms with Crippen LogP contribution < -0.4 is 5.32 Å². The van der Waals surface area contributed by atoms with Crippen LogP contribution in [-0.4, -0.2) is 59.9 Å². The molecule has 2 amide bonds. The monoisotopic (exact) mass is 293 g/mol. The smallest absolute Gasteiger partial charge is 0.245 e. The van der Waals surface area contributed by atoms with Crippen molar-refractivity contribution in [1.82, 2.24) is 15.1 Å². The van der Waals surface area contributed by atoms with Gasteiger partial charge in [-0.2, -0.15) is 0 Å². The van der Waals surface area contributed by atoms with Gasteiger partial charge in [-0.3, -0.25) is 9.59 Å². The van der Waals surface area contributed by atoms with Crippen LogP contribution in [0, 0.1) is 5.92 Å². The molecule has 1 saturated carbocycles. The lowest BCUT2D eigenvalue weighted by molar-refractivity contribution is -0.143. The van der Waals surface area contributed by atoms with E-state index in [-0.39, 0.29) is 17.9 Å². The number of likely N-dealkylation sites (tertiary alicyclic amines) is 2. The second kappa shape index (κ2) is 6.34. The molecule has 0 aromatic heterocycles. The van der Waals surface area contributed by atoms with Crippen molar-refractivity contribution >= 4 is 11.8 Å². The van der Waals surface area contributed by atoms with E-state index in [1.807, 2.05) is 4.90 Å². The van der Waals surface area contributed by atoms with Gasteiger partial charge in [0.1, 0.15) is 6.04 Å². The van der Waals surface area contributed by atoms with Crippen molar-refractivity contribution in [3.05, 3.63) is 0 Å². The fourth-order valence-electron chi connectivity index (χ4n) is 3.57. The predicted molar refractivity (Wildman–Crippen MR) is 80.7 cm³/mol. The topological polar surface area (TPSA) is 52.7 Å². The summed E-state index contributed by atoms with van der Waals surface area (Å²) in [7, 11) is 0. The molecule has 3 fully saturated rings. The fourth-order valence-corrected chi connectivity index (χ4v) is 3.57. The molecule has 5 nitrogen and oxygen atoms in total. The fraction of sp³-hybridized carbons (Fsp3) is 0.875. The minimum absolute atomic E-state index is 0.0341. The summed E-state index contributed by atoms with van der Waals surface area (Å²) in [6.07, 6.45) is 6.64. The first-order valence-electron chi connectivity index (χ1n) is 8.44. The van der Waals surface area contributed by atoms with Gasteiger partial charge in [-0.15, -0.1) is 0 Å². The number of rotatable bonds is 4. The maximum atomic E-state index is 12.6. The number of carbonyl (C=O) groups excluding carboxylic acids is 2. The zero-order chi connectivity index (χ0) is 14.8. The summed E-state index contributed by atoms with van der Waals surface area (Å²) in [5, 5.41) is 3.64. The van der Waals surface area contributed by atoms with Gasteiger partial charge in [0.25, 0.3) is 0 Å². The third-order valence-corrected chi connectivity index (χ3v) is 5.14. The van der Waals surface area contributed by atoms with Gasteiger partial charge in [-0.25, -0.2) is 0 Å². The second-order valence-electron chi connectivity index (χ2n) is 6.82. The van der Waals surface area contributed by atoms with Crippen molar-refractivity contribution in [2.75, 3.05) is 26.2 Å². The lowest BCUT2D eigenvalue weighted by Crippen LogP contribution is -2.51. The molecule has 118 valence electrons. The van der Waals surface area contributed by atoms with E-state index in [1.165, 1.54) is 12.8 Å². The second-order valence-corrected chi connectivity index (χ2v) is 6.82. The third kappa shape index (κ3) is 3.57. The van der Waals surface area contributed by atoms with E-state index in [1.54, 1.807) is 11.8 Å². The summed E-state index contributed by atoms with van der Waals surface area (Å²) in [4.78, 5) is 27.9. The summed E-state index contributed by atoms with van der Waals surface area (Å²) in [5.74, 6) is 1.11. The van der Waals surface area contributed by atoms with Crippen LogP contribution in [-0.2, 0) is 9.59 Å². The first-order chi connectivity index (χ1) is 10.1. The summed E-state index contributed by atoms with van der Waals surface area (Å²) >= 11 is 0. The number of nitrogens with one attached hydrogen (secondary N) is 1. The van der Waals surface area contributed by atoms with Crippen LogP contribution in [0.1, 0.15) is 45.4 Å². The van der Waals surface area contributed by atoms with Crippen LogP contribution in [0.15, 0.2) is 0 Å². The van der Waals surface area contributed by atoms with E-state index in [0.29, 0.717) is 6.04 Å². The van der Waals surface area contributed by atoms with Crippen LogP contribution in [0.3, 0.4) is 0 Å². The summed E-state index contributed by atoms with van der Waals surface area (Å²) in [5.41, 5.74) is 0. The summed E-state index contributed by atoms with van der Waals surface area (Å²) in [6, 6.07) is 0.376. The van der Waals surface area contributed by atoms with E-state index < -0.39 is 0 Å². The number of hydrogen-bond acceptors (Lipinski definition) is 3. The highest BCUT2D eigenvalue weighted by molar-refractivity contribution is 5.87. The molecular weight excluding hydrogens is 266 g/mol. The molecule has 5 heteroatoms. The molecule has 2 saturated heterocycles. The molecule has 3 aliphatic rings. The number of amides is 2. The van der Waals surface area contributed by atoms with Crippen molar-refractivity contribution in [2.45, 2.75) is 57.5 Å². The average molecular weight is 293 g/mol. The summed E-state index contributed by atoms with van der Waals surface area (Å²) in [6.45, 7) is 5.14. The highest BCUT2D eigenvalue weighted by Crippen LogP contribution is 2.28. The largest absolute Gasteiger partial charge is 0.341 e. The van der Waals surface area contributed by atoms with Crippen LogP contribution in [0.2, 0.25) is 0 Å². The Morgan fingerprint density at radius 1 is 1.05 bits per heavy atom. The van der Waals surface area contributed by atoms with Gasteiger partial charge in [0.2, 0.25) is 11.8 Å². The third-order valence-electron chi connectivity index (χ3n) is 5.14. The Morgan fingerprint density at radius 3 is 2.38 bits per heavy atom. The van der Waals surface area contributed by atoms with E-state index in [9.17, 15) is 9.59 Å². The Labute approximate surface area is 127 Å². The number of piperidine rings is 1. The van der Waals surface area contributed by atoms with Gasteiger partial charge in [0, 0.05) is 32.6 Å². The molecule has 0 spiro atoms. The molecule has 3 rings (SSSR count). The molecule has 0 radical (unpaired) electrons. The molecule has 0 aromatic carbocycles. The lowest BCUT2D eigenvalue weighted by Gasteiger charge is -2.35. The zero-order valence-corrected chi connectivity index (χ0v) is 13.0. The maximum Gasteiger partial charge on any atom is 0.245 e. The molecule has 0 bridgehead atoms. The van der Waals surface area contributed by atoms with Gasteiger partial charge in [0.05, 0.1) is 0 Å². The molecule has 2 heterocycles. The first kappa shape index (κ1) is 14.8. The van der Waals surface area contributed by atoms with Crippen LogP contribution in [0.4, 0.5) is 0 Å². The van der Waals surface area contributed by atoms with E-state index in [0.717, 1.165) is 57.8 Å². The standard InChI is InChI=1S/C16H27N3O2/c1-12(20)19-8-2-3-15(19)16(21)18-9-6-14(7-10-18)17-11-13-4-5-13/h13-15,17H,2-11H2,1H3. The van der Waals surface area contributed by atoms with E-state index in [4.69, 9.17) is 0 Å². The lowest BCUT2D eigenvalue weighted by atomic mass is 10.0. The Balaban J connectivity index is 1.46. The van der Waals surface area contributed by atoms with Crippen LogP contribution >= 0.6 is 0 Å². The number of hydrogen-bond donors (Lipinski definition) is 1. The highest BCUT2D eigenvalue weighted by atomic mass is 16.2. The predicted octanol–water partition coefficient (Wildman–Crippen LogP) is 0.988. The Morgan fingerprint density at radius 2 is 1.76 bits per heavy atom. The highest BCUT2D eigenvalue weighted by Gasteiger charge is 2.36. The molecule has 1 atom stereocenters. The van der Waals surface area contributed by atoms with E-state index in [2.05, 4.69) is 5.32 Å². The molecule has 0 aromatic rings. The van der Waals surface area contributed by atoms with Gasteiger partial charge >= 0.3 is 0 Å². The molecule has 1 N–H and O–H groups in total. The quantitative estimate of drug-likeness (QED) is 0.841. The number of nitrogens with zero attached hydrogens (tertiary/aromatic N) is 2. The summed E-state index contributed by atoms with van der Waals surface area (Å²) < 4.78 is 0. The van der Waals surface area contributed by atoms with Gasteiger partial charge in [-0.05, 0) is 51.0 Å².